The molecule has 2 rings (SSSR count). The number of nitrogens with zero attached hydrogens (tertiary/aromatic N) is 2. The molecule has 0 aromatic rings. The van der Waals surface area contributed by atoms with Crippen LogP contribution in [0.2, 0.25) is 0 Å². The van der Waals surface area contributed by atoms with Crippen LogP contribution in [0.5, 0.6) is 0 Å². The largest absolute Gasteiger partial charge is 0.384 e. The van der Waals surface area contributed by atoms with E-state index in [9.17, 15) is 4.79 Å². The van der Waals surface area contributed by atoms with Crippen LogP contribution in [-0.2, 0) is 14.3 Å². The third kappa shape index (κ3) is 3.09. The molecule has 0 aliphatic carbocycles. The average Bonchev–Trinajstić information content (AvgIpc) is 2.36. The molecule has 1 amide bonds. The molecule has 110 valence electrons. The Morgan fingerprint density at radius 2 is 2.16 bits per heavy atom. The number of amides is 1. The number of rotatable bonds is 5. The Hall–Kier alpha value is -0.650. The molecular formula is C14H26N2O3. The van der Waals surface area contributed by atoms with E-state index < -0.39 is 0 Å². The van der Waals surface area contributed by atoms with Gasteiger partial charge in [0.2, 0.25) is 5.91 Å². The molecule has 2 saturated heterocycles. The highest BCUT2D eigenvalue weighted by Crippen LogP contribution is 2.38. The Morgan fingerprint density at radius 1 is 1.42 bits per heavy atom. The van der Waals surface area contributed by atoms with Crippen molar-refractivity contribution in [2.75, 3.05) is 53.6 Å². The zero-order chi connectivity index (χ0) is 13.9. The number of piperidine rings is 1. The summed E-state index contributed by atoms with van der Waals surface area (Å²) < 4.78 is 10.5. The lowest BCUT2D eigenvalue weighted by atomic mass is 9.75. The number of hydrogen-bond acceptors (Lipinski definition) is 4. The third-order valence-corrected chi connectivity index (χ3v) is 4.51. The Labute approximate surface area is 115 Å². The molecule has 2 aliphatic heterocycles. The second-order valence-corrected chi connectivity index (χ2v) is 5.85. The van der Waals surface area contributed by atoms with Gasteiger partial charge in [0.25, 0.3) is 0 Å². The maximum Gasteiger partial charge on any atom is 0.248 e. The van der Waals surface area contributed by atoms with Crippen LogP contribution in [0.25, 0.3) is 0 Å². The fourth-order valence-corrected chi connectivity index (χ4v) is 3.28. The van der Waals surface area contributed by atoms with Gasteiger partial charge in [0, 0.05) is 33.4 Å². The number of methoxy groups -OCH3 is 1. The average molecular weight is 270 g/mol. The first kappa shape index (κ1) is 14.8. The number of carbonyl (C=O) groups excluding carboxylic acids is 1. The van der Waals surface area contributed by atoms with Crippen molar-refractivity contribution in [3.63, 3.8) is 0 Å². The summed E-state index contributed by atoms with van der Waals surface area (Å²) in [4.78, 5) is 16.2. The number of hydrogen-bond donors (Lipinski definition) is 0. The lowest BCUT2D eigenvalue weighted by Crippen LogP contribution is -2.73. The summed E-state index contributed by atoms with van der Waals surface area (Å²) in [6.45, 7) is 6.35. The highest BCUT2D eigenvalue weighted by atomic mass is 16.5. The standard InChI is InChI=1S/C14H26N2O3/c1-4-19-9-13(17)16-10-14(11-16)7-12(8-18-3)5-6-15(14)2/h12H,4-11H2,1-3H3/t12-/m1/s1. The minimum Gasteiger partial charge on any atom is -0.384 e. The van der Waals surface area contributed by atoms with Crippen LogP contribution in [0.15, 0.2) is 0 Å². The number of likely N-dealkylation sites (tertiary alicyclic amines) is 2. The van der Waals surface area contributed by atoms with Crippen molar-refractivity contribution in [1.82, 2.24) is 9.80 Å². The molecule has 19 heavy (non-hydrogen) atoms. The van der Waals surface area contributed by atoms with Gasteiger partial charge in [-0.2, -0.15) is 0 Å². The van der Waals surface area contributed by atoms with E-state index in [-0.39, 0.29) is 18.1 Å². The van der Waals surface area contributed by atoms with Crippen LogP contribution in [0.1, 0.15) is 19.8 Å². The Bertz CT molecular complexity index is 316. The summed E-state index contributed by atoms with van der Waals surface area (Å²) >= 11 is 0. The van der Waals surface area contributed by atoms with E-state index in [0.717, 1.165) is 32.7 Å². The van der Waals surface area contributed by atoms with Crippen molar-refractivity contribution in [3.05, 3.63) is 0 Å². The van der Waals surface area contributed by atoms with Gasteiger partial charge in [-0.05, 0) is 39.3 Å². The van der Waals surface area contributed by atoms with E-state index in [4.69, 9.17) is 9.47 Å². The molecule has 2 aliphatic rings. The maximum absolute atomic E-state index is 11.9. The first-order valence-electron chi connectivity index (χ1n) is 7.17. The summed E-state index contributed by atoms with van der Waals surface area (Å²) in [6.07, 6.45) is 2.33. The molecule has 0 saturated carbocycles. The Morgan fingerprint density at radius 3 is 2.79 bits per heavy atom. The lowest BCUT2D eigenvalue weighted by molar-refractivity contribution is -0.155. The molecule has 0 aromatic carbocycles. The minimum absolute atomic E-state index is 0.120. The van der Waals surface area contributed by atoms with Gasteiger partial charge < -0.3 is 14.4 Å². The Balaban J connectivity index is 1.85. The highest BCUT2D eigenvalue weighted by Gasteiger charge is 2.50. The van der Waals surface area contributed by atoms with Gasteiger partial charge in [-0.25, -0.2) is 0 Å². The van der Waals surface area contributed by atoms with Crippen LogP contribution in [0.3, 0.4) is 0 Å². The van der Waals surface area contributed by atoms with Crippen molar-refractivity contribution < 1.29 is 14.3 Å². The van der Waals surface area contributed by atoms with Crippen molar-refractivity contribution in [2.45, 2.75) is 25.3 Å². The smallest absolute Gasteiger partial charge is 0.248 e. The topological polar surface area (TPSA) is 42.0 Å². The zero-order valence-corrected chi connectivity index (χ0v) is 12.4. The summed E-state index contributed by atoms with van der Waals surface area (Å²) in [5.41, 5.74) is 0.184. The maximum atomic E-state index is 11.9. The van der Waals surface area contributed by atoms with Crippen molar-refractivity contribution in [2.24, 2.45) is 5.92 Å². The lowest BCUT2D eigenvalue weighted by Gasteiger charge is -2.58. The van der Waals surface area contributed by atoms with E-state index in [1.54, 1.807) is 7.11 Å². The number of likely N-dealkylation sites (N-methyl/N-ethyl adjacent to an activating group) is 1. The van der Waals surface area contributed by atoms with Crippen LogP contribution in [-0.4, -0.2) is 74.9 Å². The van der Waals surface area contributed by atoms with Gasteiger partial charge in [-0.3, -0.25) is 9.69 Å². The molecular weight excluding hydrogens is 244 g/mol. The predicted molar refractivity (Wildman–Crippen MR) is 73.0 cm³/mol. The zero-order valence-electron chi connectivity index (χ0n) is 12.4. The van der Waals surface area contributed by atoms with Crippen LogP contribution >= 0.6 is 0 Å². The fraction of sp³-hybridized carbons (Fsp3) is 0.929. The van der Waals surface area contributed by atoms with Crippen molar-refractivity contribution >= 4 is 5.91 Å². The fourth-order valence-electron chi connectivity index (χ4n) is 3.28. The number of carbonyl (C=O) groups is 1. The van der Waals surface area contributed by atoms with Gasteiger partial charge in [0.05, 0.1) is 5.54 Å². The molecule has 0 aromatic heterocycles. The summed E-state index contributed by atoms with van der Waals surface area (Å²) in [6, 6.07) is 0. The molecule has 5 heteroatoms. The van der Waals surface area contributed by atoms with E-state index in [2.05, 4.69) is 11.9 Å². The summed E-state index contributed by atoms with van der Waals surface area (Å²) in [5.74, 6) is 0.750. The second-order valence-electron chi connectivity index (χ2n) is 5.85. The summed E-state index contributed by atoms with van der Waals surface area (Å²) in [7, 11) is 3.94. The molecule has 2 fully saturated rings. The molecule has 0 unspecified atom stereocenters. The first-order chi connectivity index (χ1) is 9.11. The van der Waals surface area contributed by atoms with E-state index in [1.165, 1.54) is 6.42 Å². The SMILES string of the molecule is CCOCC(=O)N1CC2(C[C@H](COC)CCN2C)C1. The third-order valence-electron chi connectivity index (χ3n) is 4.51. The molecule has 0 N–H and O–H groups in total. The first-order valence-corrected chi connectivity index (χ1v) is 7.17. The van der Waals surface area contributed by atoms with Gasteiger partial charge in [0.1, 0.15) is 6.61 Å². The van der Waals surface area contributed by atoms with Gasteiger partial charge in [-0.15, -0.1) is 0 Å². The van der Waals surface area contributed by atoms with Crippen molar-refractivity contribution in [3.8, 4) is 0 Å². The molecule has 2 heterocycles. The van der Waals surface area contributed by atoms with Crippen LogP contribution in [0.4, 0.5) is 0 Å². The van der Waals surface area contributed by atoms with Crippen LogP contribution in [0, 0.1) is 5.92 Å². The monoisotopic (exact) mass is 270 g/mol. The van der Waals surface area contributed by atoms with Gasteiger partial charge in [-0.1, -0.05) is 0 Å². The number of ether oxygens (including phenoxy) is 2. The van der Waals surface area contributed by atoms with E-state index >= 15 is 0 Å². The highest BCUT2D eigenvalue weighted by molar-refractivity contribution is 5.78. The van der Waals surface area contributed by atoms with Crippen molar-refractivity contribution in [1.29, 1.82) is 0 Å². The Kier molecular flexibility index (Phi) is 4.81. The van der Waals surface area contributed by atoms with E-state index in [1.807, 2.05) is 11.8 Å². The predicted octanol–water partition coefficient (Wildman–Crippen LogP) is 0.592. The molecule has 1 atom stereocenters. The quantitative estimate of drug-likeness (QED) is 0.733. The van der Waals surface area contributed by atoms with Crippen LogP contribution < -0.4 is 0 Å². The molecule has 0 radical (unpaired) electrons. The van der Waals surface area contributed by atoms with E-state index in [0.29, 0.717) is 12.5 Å². The molecule has 0 bridgehead atoms. The van der Waals surface area contributed by atoms with Gasteiger partial charge in [0.15, 0.2) is 0 Å². The van der Waals surface area contributed by atoms with Gasteiger partial charge >= 0.3 is 0 Å². The second kappa shape index (κ2) is 6.20. The molecule has 5 nitrogen and oxygen atoms in total. The normalized spacial score (nSPS) is 26.5. The molecule has 1 spiro atoms. The summed E-state index contributed by atoms with van der Waals surface area (Å²) in [5, 5.41) is 0. The minimum atomic E-state index is 0.120.